The first-order chi connectivity index (χ1) is 23.6. The molecular formula is C45H91N2O+. The Kier molecular flexibility index (Phi) is 33.3. The highest BCUT2D eigenvalue weighted by Crippen LogP contribution is 2.19. The lowest BCUT2D eigenvalue weighted by atomic mass is 10.0. The average molecular weight is 676 g/mol. The highest BCUT2D eigenvalue weighted by molar-refractivity contribution is 5.85. The molecule has 1 aliphatic heterocycles. The molecule has 1 heterocycles. The Morgan fingerprint density at radius 2 is 0.771 bits per heavy atom. The van der Waals surface area contributed by atoms with Crippen LogP contribution < -0.4 is 5.32 Å². The van der Waals surface area contributed by atoms with Gasteiger partial charge in [-0.3, -0.25) is 4.79 Å². The van der Waals surface area contributed by atoms with E-state index in [1.165, 1.54) is 238 Å². The second-order valence-electron chi connectivity index (χ2n) is 16.7. The molecule has 48 heavy (non-hydrogen) atoms. The van der Waals surface area contributed by atoms with E-state index < -0.39 is 0 Å². The van der Waals surface area contributed by atoms with Gasteiger partial charge in [-0.2, -0.15) is 0 Å². The molecule has 3 heteroatoms. The summed E-state index contributed by atoms with van der Waals surface area (Å²) in [5.74, 6) is 0.493. The average Bonchev–Trinajstić information content (AvgIpc) is 3.38. The van der Waals surface area contributed by atoms with Gasteiger partial charge in [0, 0.05) is 0 Å². The number of rotatable bonds is 37. The van der Waals surface area contributed by atoms with Crippen LogP contribution in [0, 0.1) is 0 Å². The van der Waals surface area contributed by atoms with Gasteiger partial charge in [0.1, 0.15) is 6.54 Å². The van der Waals surface area contributed by atoms with Crippen LogP contribution in [0.4, 0.5) is 0 Å². The van der Waals surface area contributed by atoms with Crippen molar-refractivity contribution in [3.05, 3.63) is 0 Å². The molecule has 1 atom stereocenters. The van der Waals surface area contributed by atoms with E-state index in [4.69, 9.17) is 0 Å². The lowest BCUT2D eigenvalue weighted by Crippen LogP contribution is -2.53. The topological polar surface area (TPSA) is 29.1 Å². The van der Waals surface area contributed by atoms with Gasteiger partial charge in [0.25, 0.3) is 0 Å². The summed E-state index contributed by atoms with van der Waals surface area (Å²) in [5.41, 5.74) is 0. The van der Waals surface area contributed by atoms with Crippen molar-refractivity contribution in [2.24, 2.45) is 0 Å². The fourth-order valence-electron chi connectivity index (χ4n) is 8.14. The zero-order chi connectivity index (χ0) is 34.6. The van der Waals surface area contributed by atoms with E-state index in [2.05, 4.69) is 26.2 Å². The van der Waals surface area contributed by atoms with Crippen molar-refractivity contribution < 1.29 is 9.28 Å². The molecule has 1 aliphatic rings. The van der Waals surface area contributed by atoms with Crippen LogP contribution in [-0.4, -0.2) is 49.5 Å². The zero-order valence-electron chi connectivity index (χ0n) is 33.7. The van der Waals surface area contributed by atoms with Gasteiger partial charge < -0.3 is 9.80 Å². The molecule has 0 aromatic carbocycles. The molecule has 1 rings (SSSR count). The maximum absolute atomic E-state index is 13.4. The number of carbonyl (C=O) groups excluding carboxylic acids is 1. The molecule has 0 aliphatic carbocycles. The second-order valence-corrected chi connectivity index (χ2v) is 16.7. The van der Waals surface area contributed by atoms with Gasteiger partial charge in [0.2, 0.25) is 5.78 Å². The van der Waals surface area contributed by atoms with Crippen LogP contribution in [-0.2, 0) is 4.79 Å². The minimum Gasteiger partial charge on any atom is -0.320 e. The van der Waals surface area contributed by atoms with E-state index >= 15 is 0 Å². The van der Waals surface area contributed by atoms with E-state index in [1.54, 1.807) is 0 Å². The van der Waals surface area contributed by atoms with Crippen molar-refractivity contribution >= 4 is 5.78 Å². The molecule has 1 unspecified atom stereocenters. The first-order valence-electron chi connectivity index (χ1n) is 22.7. The first-order valence-corrected chi connectivity index (χ1v) is 22.7. The summed E-state index contributed by atoms with van der Waals surface area (Å²) in [6.07, 6.45) is 50.2. The lowest BCUT2D eigenvalue weighted by Gasteiger charge is -2.35. The number of nitrogens with one attached hydrogen (secondary N) is 1. The molecule has 0 aromatic heterocycles. The highest BCUT2D eigenvalue weighted by Gasteiger charge is 2.29. The van der Waals surface area contributed by atoms with Gasteiger partial charge in [-0.05, 0) is 45.1 Å². The maximum Gasteiger partial charge on any atom is 0.203 e. The Hall–Kier alpha value is -0.410. The quantitative estimate of drug-likeness (QED) is 0.0524. The van der Waals surface area contributed by atoms with Crippen LogP contribution in [0.1, 0.15) is 245 Å². The van der Waals surface area contributed by atoms with Crippen LogP contribution in [0.2, 0.25) is 0 Å². The van der Waals surface area contributed by atoms with Crippen LogP contribution in [0.25, 0.3) is 0 Å². The molecule has 3 nitrogen and oxygen atoms in total. The van der Waals surface area contributed by atoms with Crippen LogP contribution in [0.15, 0.2) is 0 Å². The van der Waals surface area contributed by atoms with Crippen molar-refractivity contribution in [2.75, 3.05) is 33.2 Å². The fraction of sp³-hybridized carbons (Fsp3) is 0.978. The summed E-state index contributed by atoms with van der Waals surface area (Å²) in [7, 11) is 2.41. The van der Waals surface area contributed by atoms with Crippen molar-refractivity contribution in [1.29, 1.82) is 0 Å². The molecule has 0 saturated carbocycles. The molecule has 0 radical (unpaired) electrons. The van der Waals surface area contributed by atoms with Crippen LogP contribution >= 0.6 is 0 Å². The second kappa shape index (κ2) is 35.0. The molecule has 0 spiro atoms. The van der Waals surface area contributed by atoms with E-state index in [0.717, 1.165) is 24.0 Å². The highest BCUT2D eigenvalue weighted by atomic mass is 16.1. The summed E-state index contributed by atoms with van der Waals surface area (Å²) in [6, 6.07) is 0.113. The number of hydrogen-bond acceptors (Lipinski definition) is 2. The summed E-state index contributed by atoms with van der Waals surface area (Å²) in [6.45, 7) is 8.76. The molecular weight excluding hydrogens is 585 g/mol. The molecule has 1 N–H and O–H groups in total. The summed E-state index contributed by atoms with van der Waals surface area (Å²) in [5, 5.41) is 3.59. The molecule has 286 valence electrons. The van der Waals surface area contributed by atoms with Gasteiger partial charge in [-0.15, -0.1) is 0 Å². The predicted molar refractivity (Wildman–Crippen MR) is 215 cm³/mol. The largest absolute Gasteiger partial charge is 0.320 e. The Morgan fingerprint density at radius 3 is 1.10 bits per heavy atom. The third kappa shape index (κ3) is 29.3. The molecule has 1 fully saturated rings. The van der Waals surface area contributed by atoms with Gasteiger partial charge >= 0.3 is 0 Å². The monoisotopic (exact) mass is 676 g/mol. The third-order valence-corrected chi connectivity index (χ3v) is 11.6. The number of unbranched alkanes of at least 4 members (excludes halogenated alkanes) is 30. The van der Waals surface area contributed by atoms with E-state index in [-0.39, 0.29) is 6.04 Å². The van der Waals surface area contributed by atoms with Gasteiger partial charge in [-0.25, -0.2) is 0 Å². The lowest BCUT2D eigenvalue weighted by molar-refractivity contribution is -0.902. The number of likely N-dealkylation sites (N-methyl/N-ethyl adjacent to an activating group) is 1. The Bertz CT molecular complexity index is 619. The number of quaternary nitrogens is 1. The SMILES string of the molecule is CCCCCCCCCCCCCCCCCC[N+](C)(CCCCCCCCCCCCCCCCCC)CC(=O)C1CCCCCN1. The van der Waals surface area contributed by atoms with E-state index in [0.29, 0.717) is 5.78 Å². The standard InChI is InChI=1S/C45H91N2O/c1-4-6-8-10-12-14-16-18-20-22-24-26-28-30-32-37-41-47(3,43-45(48)44-39-35-34-36-40-46-44)42-38-33-31-29-27-25-23-21-19-17-15-13-11-9-7-5-2/h44,46H,4-43H2,1-3H3/q+1. The zero-order valence-corrected chi connectivity index (χ0v) is 33.7. The Balaban J connectivity index is 2.16. The third-order valence-electron chi connectivity index (χ3n) is 11.6. The molecule has 0 bridgehead atoms. The van der Waals surface area contributed by atoms with E-state index in [9.17, 15) is 4.79 Å². The van der Waals surface area contributed by atoms with Gasteiger partial charge in [-0.1, -0.05) is 206 Å². The first kappa shape index (κ1) is 45.6. The minimum absolute atomic E-state index is 0.113. The van der Waals surface area contributed by atoms with Crippen LogP contribution in [0.3, 0.4) is 0 Å². The Morgan fingerprint density at radius 1 is 0.458 bits per heavy atom. The summed E-state index contributed by atoms with van der Waals surface area (Å²) >= 11 is 0. The molecule has 1 saturated heterocycles. The normalized spacial score (nSPS) is 15.6. The van der Waals surface area contributed by atoms with Crippen molar-refractivity contribution in [3.63, 3.8) is 0 Å². The molecule has 0 amide bonds. The smallest absolute Gasteiger partial charge is 0.203 e. The van der Waals surface area contributed by atoms with Crippen molar-refractivity contribution in [1.82, 2.24) is 5.32 Å². The summed E-state index contributed by atoms with van der Waals surface area (Å²) in [4.78, 5) is 13.4. The van der Waals surface area contributed by atoms with E-state index in [1.807, 2.05) is 0 Å². The minimum atomic E-state index is 0.113. The maximum atomic E-state index is 13.4. The van der Waals surface area contributed by atoms with Gasteiger partial charge in [0.05, 0.1) is 26.2 Å². The predicted octanol–water partition coefficient (Wildman–Crippen LogP) is 14.1. The number of carbonyl (C=O) groups is 1. The number of hydrogen-bond donors (Lipinski definition) is 1. The number of nitrogens with zero attached hydrogens (tertiary/aromatic N) is 1. The molecule has 0 aromatic rings. The summed E-state index contributed by atoms with van der Waals surface area (Å²) < 4.78 is 0.980. The van der Waals surface area contributed by atoms with Gasteiger partial charge in [0.15, 0.2) is 0 Å². The number of ketones is 1. The fourth-order valence-corrected chi connectivity index (χ4v) is 8.14. The number of Topliss-reactive ketones (excluding diaryl/α,β-unsaturated/α-hetero) is 1. The van der Waals surface area contributed by atoms with Crippen molar-refractivity contribution in [2.45, 2.75) is 251 Å². The van der Waals surface area contributed by atoms with Crippen LogP contribution in [0.5, 0.6) is 0 Å². The van der Waals surface area contributed by atoms with Crippen molar-refractivity contribution in [3.8, 4) is 0 Å². The Labute approximate surface area is 303 Å².